The molecule has 0 spiro atoms. The van der Waals surface area contributed by atoms with Crippen LogP contribution in [0.1, 0.15) is 105 Å². The number of aryl methyl sites for hydroxylation is 6. The summed E-state index contributed by atoms with van der Waals surface area (Å²) in [6.45, 7) is 15.7. The molecule has 0 radical (unpaired) electrons. The standard InChI is InChI=1S/C56H53N3O8S4/c1-9-11-18-37(10-2)30-65-52(62)40(27-57)55-68-46-44(66-53(63)41-33(5)23-31(3)24-34(41)6)48-49(45(47(46)69-55)67-54(64)42-35(7)25-32(4)26-36(42)8)71-56(70-48)43-50(60)58(28-38-19-14-12-15-20-38)59(51(43)61)29-39-21-16-13-17-22-39/h12-17,19-26,37H,9-11,18,28-30H2,1-8H3. The smallest absolute Gasteiger partial charge is 0.350 e. The fourth-order valence-electron chi connectivity index (χ4n) is 8.99. The van der Waals surface area contributed by atoms with Gasteiger partial charge in [-0.05, 0) is 87.3 Å². The number of hydrogen-bond donors (Lipinski definition) is 0. The van der Waals surface area contributed by atoms with Crippen LogP contribution in [-0.2, 0) is 32.2 Å². The number of carbonyl (C=O) groups excluding carboxylic acids is 5. The van der Waals surface area contributed by atoms with E-state index in [-0.39, 0.29) is 52.5 Å². The van der Waals surface area contributed by atoms with E-state index >= 15 is 0 Å². The van der Waals surface area contributed by atoms with E-state index in [4.69, 9.17) is 14.2 Å². The number of thioether (sulfide) groups is 4. The number of amides is 2. The minimum Gasteiger partial charge on any atom is -0.461 e. The summed E-state index contributed by atoms with van der Waals surface area (Å²) in [5.74, 6) is -2.90. The molecule has 8 rings (SSSR count). The summed E-state index contributed by atoms with van der Waals surface area (Å²) in [7, 11) is 0. The number of ether oxygens (including phenoxy) is 3. The molecule has 5 aromatic carbocycles. The monoisotopic (exact) mass is 1020 g/mol. The van der Waals surface area contributed by atoms with Gasteiger partial charge in [0.15, 0.2) is 17.1 Å². The molecule has 0 N–H and O–H groups in total. The maximum absolute atomic E-state index is 14.9. The van der Waals surface area contributed by atoms with Crippen molar-refractivity contribution in [2.45, 2.75) is 114 Å². The number of nitriles is 1. The van der Waals surface area contributed by atoms with Crippen LogP contribution in [0.5, 0.6) is 11.5 Å². The molecule has 0 aliphatic carbocycles. The zero-order valence-corrected chi connectivity index (χ0v) is 44.1. The fourth-order valence-corrected chi connectivity index (χ4v) is 14.4. The topological polar surface area (TPSA) is 143 Å². The molecule has 11 nitrogen and oxygen atoms in total. The third-order valence-corrected chi connectivity index (χ3v) is 17.6. The molecule has 71 heavy (non-hydrogen) atoms. The summed E-state index contributed by atoms with van der Waals surface area (Å²) in [5, 5.41) is 13.5. The molecule has 1 fully saturated rings. The molecule has 0 bridgehead atoms. The van der Waals surface area contributed by atoms with Gasteiger partial charge < -0.3 is 14.2 Å². The van der Waals surface area contributed by atoms with Crippen molar-refractivity contribution in [1.82, 2.24) is 10.0 Å². The highest BCUT2D eigenvalue weighted by Crippen LogP contribution is 2.69. The summed E-state index contributed by atoms with van der Waals surface area (Å²) < 4.78 is 19.4. The number of benzene rings is 5. The minimum atomic E-state index is -0.791. The van der Waals surface area contributed by atoms with Crippen molar-refractivity contribution in [3.63, 3.8) is 0 Å². The van der Waals surface area contributed by atoms with E-state index in [1.54, 1.807) is 0 Å². The summed E-state index contributed by atoms with van der Waals surface area (Å²) in [6.07, 6.45) is 3.66. The molecule has 5 aromatic rings. The Kier molecular flexibility index (Phi) is 15.9. The molecule has 3 heterocycles. The Balaban J connectivity index is 1.30. The maximum Gasteiger partial charge on any atom is 0.350 e. The van der Waals surface area contributed by atoms with E-state index in [9.17, 15) is 29.2 Å². The van der Waals surface area contributed by atoms with E-state index < -0.39 is 29.7 Å². The van der Waals surface area contributed by atoms with Gasteiger partial charge in [0.2, 0.25) is 0 Å². The second-order valence-corrected chi connectivity index (χ2v) is 22.5. The second-order valence-electron chi connectivity index (χ2n) is 17.9. The van der Waals surface area contributed by atoms with Crippen molar-refractivity contribution in [3.8, 4) is 17.6 Å². The van der Waals surface area contributed by atoms with Crippen LogP contribution in [0.4, 0.5) is 0 Å². The molecule has 364 valence electrons. The molecular formula is C56H53N3O8S4. The lowest BCUT2D eigenvalue weighted by molar-refractivity contribution is -0.149. The fraction of sp³-hybridized carbons (Fsp3) is 0.286. The van der Waals surface area contributed by atoms with Crippen LogP contribution < -0.4 is 9.47 Å². The Morgan fingerprint density at radius 1 is 0.634 bits per heavy atom. The van der Waals surface area contributed by atoms with Crippen LogP contribution in [0.15, 0.2) is 124 Å². The zero-order chi connectivity index (χ0) is 50.7. The highest BCUT2D eigenvalue weighted by molar-refractivity contribution is 8.26. The van der Waals surface area contributed by atoms with Crippen LogP contribution in [0, 0.1) is 58.8 Å². The maximum atomic E-state index is 14.9. The predicted molar refractivity (Wildman–Crippen MR) is 279 cm³/mol. The molecule has 15 heteroatoms. The van der Waals surface area contributed by atoms with Gasteiger partial charge in [-0.3, -0.25) is 9.59 Å². The lowest BCUT2D eigenvalue weighted by Crippen LogP contribution is -2.39. The van der Waals surface area contributed by atoms with Gasteiger partial charge in [0, 0.05) is 0 Å². The van der Waals surface area contributed by atoms with Crippen LogP contribution in [-0.4, -0.2) is 46.3 Å². The van der Waals surface area contributed by atoms with E-state index in [2.05, 4.69) is 13.0 Å². The lowest BCUT2D eigenvalue weighted by Gasteiger charge is -2.27. The first-order valence-electron chi connectivity index (χ1n) is 23.4. The average molecular weight is 1020 g/mol. The molecule has 1 saturated heterocycles. The molecule has 0 aromatic heterocycles. The average Bonchev–Trinajstić information content (AvgIpc) is 4.02. The highest BCUT2D eigenvalue weighted by atomic mass is 32.2. The summed E-state index contributed by atoms with van der Waals surface area (Å²) in [6, 6.07) is 28.5. The van der Waals surface area contributed by atoms with Crippen molar-refractivity contribution in [2.75, 3.05) is 6.61 Å². The van der Waals surface area contributed by atoms with Crippen LogP contribution in [0.3, 0.4) is 0 Å². The van der Waals surface area contributed by atoms with Gasteiger partial charge >= 0.3 is 17.9 Å². The Morgan fingerprint density at radius 3 is 1.45 bits per heavy atom. The number of fused-ring (bicyclic) bond motifs is 2. The van der Waals surface area contributed by atoms with Crippen molar-refractivity contribution < 1.29 is 38.2 Å². The van der Waals surface area contributed by atoms with Gasteiger partial charge in [-0.2, -0.15) is 5.26 Å². The Hall–Kier alpha value is -6.18. The molecule has 3 aliphatic heterocycles. The Bertz CT molecular complexity index is 2890. The van der Waals surface area contributed by atoms with Gasteiger partial charge in [0.05, 0.1) is 58.9 Å². The predicted octanol–water partition coefficient (Wildman–Crippen LogP) is 13.1. The van der Waals surface area contributed by atoms with E-state index in [1.807, 2.05) is 133 Å². The molecule has 2 amide bonds. The first kappa shape index (κ1) is 51.2. The lowest BCUT2D eigenvalue weighted by atomic mass is 10.00. The van der Waals surface area contributed by atoms with Gasteiger partial charge in [0.25, 0.3) is 11.8 Å². The SMILES string of the molecule is CCCCC(CC)COC(=O)C(C#N)=C1Sc2c(OC(=O)c3c(C)cc(C)cc3C)c3c(c(OC(=O)c4c(C)cc(C)cc4C)c2S1)SC(=C1C(=O)N(Cc2ccccc2)N(Cc2ccccc2)C1=O)S3. The molecule has 1 unspecified atom stereocenters. The number of esters is 3. The minimum absolute atomic E-state index is 0.0684. The second kappa shape index (κ2) is 22.1. The van der Waals surface area contributed by atoms with Gasteiger partial charge in [-0.1, -0.05) is 176 Å². The number of hydrogen-bond acceptors (Lipinski definition) is 13. The van der Waals surface area contributed by atoms with E-state index in [1.165, 1.54) is 10.0 Å². The third kappa shape index (κ3) is 10.7. The summed E-state index contributed by atoms with van der Waals surface area (Å²) in [5.41, 5.74) is 6.71. The van der Waals surface area contributed by atoms with Crippen LogP contribution in [0.25, 0.3) is 0 Å². The largest absolute Gasteiger partial charge is 0.461 e. The van der Waals surface area contributed by atoms with Gasteiger partial charge in [-0.25, -0.2) is 24.4 Å². The first-order valence-corrected chi connectivity index (χ1v) is 26.7. The summed E-state index contributed by atoms with van der Waals surface area (Å²) >= 11 is 4.21. The molecular weight excluding hydrogens is 971 g/mol. The zero-order valence-electron chi connectivity index (χ0n) is 40.9. The van der Waals surface area contributed by atoms with E-state index in [0.717, 1.165) is 95.0 Å². The number of rotatable bonds is 15. The first-order chi connectivity index (χ1) is 34.1. The van der Waals surface area contributed by atoms with Crippen molar-refractivity contribution in [2.24, 2.45) is 5.92 Å². The van der Waals surface area contributed by atoms with Gasteiger partial charge in [0.1, 0.15) is 11.6 Å². The highest BCUT2D eigenvalue weighted by Gasteiger charge is 2.47. The normalized spacial score (nSPS) is 14.4. The molecule has 1 atom stereocenters. The number of nitrogens with zero attached hydrogens (tertiary/aromatic N) is 3. The number of hydrazine groups is 1. The number of carbonyl (C=O) groups is 5. The summed E-state index contributed by atoms with van der Waals surface area (Å²) in [4.78, 5) is 74.1. The quantitative estimate of drug-likeness (QED) is 0.0323. The molecule has 0 saturated carbocycles. The van der Waals surface area contributed by atoms with Crippen molar-refractivity contribution in [1.29, 1.82) is 5.26 Å². The van der Waals surface area contributed by atoms with Crippen LogP contribution >= 0.6 is 47.0 Å². The number of unbranched alkanes of at least 4 members (excludes halogenated alkanes) is 1. The Labute approximate surface area is 431 Å². The van der Waals surface area contributed by atoms with Crippen LogP contribution in [0.2, 0.25) is 0 Å². The van der Waals surface area contributed by atoms with Crippen molar-refractivity contribution in [3.05, 3.63) is 160 Å². The third-order valence-electron chi connectivity index (χ3n) is 12.4. The van der Waals surface area contributed by atoms with Gasteiger partial charge in [-0.15, -0.1) is 0 Å². The Morgan fingerprint density at radius 2 is 1.06 bits per heavy atom. The van der Waals surface area contributed by atoms with Crippen molar-refractivity contribution >= 4 is 76.8 Å². The molecule has 3 aliphatic rings. The van der Waals surface area contributed by atoms with E-state index in [0.29, 0.717) is 57.2 Å².